The average Bonchev–Trinajstić information content (AvgIpc) is 3.22. The Labute approximate surface area is 107 Å². The number of nitrogens with zero attached hydrogens (tertiary/aromatic N) is 1. The second-order valence-electron chi connectivity index (χ2n) is 4.86. The van der Waals surface area contributed by atoms with Crippen molar-refractivity contribution in [1.82, 2.24) is 5.32 Å². The lowest BCUT2D eigenvalue weighted by molar-refractivity contribution is -0.120. The normalized spacial score (nSPS) is 17.3. The lowest BCUT2D eigenvalue weighted by atomic mass is 9.98. The van der Waals surface area contributed by atoms with Gasteiger partial charge in [0.15, 0.2) is 0 Å². The van der Waals surface area contributed by atoms with E-state index in [4.69, 9.17) is 5.26 Å². The maximum atomic E-state index is 11.8. The highest BCUT2D eigenvalue weighted by Crippen LogP contribution is 2.39. The molecule has 0 saturated heterocycles. The minimum absolute atomic E-state index is 0.144. The molecule has 1 amide bonds. The summed E-state index contributed by atoms with van der Waals surface area (Å²) in [5.41, 5.74) is 0.188. The molecule has 1 aliphatic rings. The van der Waals surface area contributed by atoms with E-state index in [2.05, 4.69) is 16.7 Å². The van der Waals surface area contributed by atoms with Gasteiger partial charge in [-0.2, -0.15) is 5.26 Å². The van der Waals surface area contributed by atoms with Crippen molar-refractivity contribution in [3.8, 4) is 6.07 Å². The van der Waals surface area contributed by atoms with Gasteiger partial charge in [0.25, 0.3) is 0 Å². The minimum Gasteiger partial charge on any atom is -0.376 e. The molecule has 1 aliphatic carbocycles. The molecule has 1 saturated carbocycles. The predicted octanol–water partition coefficient (Wildman–Crippen LogP) is 1.91. The highest BCUT2D eigenvalue weighted by molar-refractivity contribution is 5.81. The zero-order chi connectivity index (χ0) is 13.0. The van der Waals surface area contributed by atoms with E-state index in [0.717, 1.165) is 18.5 Å². The Morgan fingerprint density at radius 2 is 2.11 bits per heavy atom. The van der Waals surface area contributed by atoms with Crippen LogP contribution in [0, 0.1) is 17.2 Å². The summed E-state index contributed by atoms with van der Waals surface area (Å²) in [5, 5.41) is 15.0. The molecule has 18 heavy (non-hydrogen) atoms. The summed E-state index contributed by atoms with van der Waals surface area (Å²) in [5.74, 6) is 0.165. The molecule has 1 aromatic carbocycles. The van der Waals surface area contributed by atoms with Gasteiger partial charge in [-0.1, -0.05) is 18.2 Å². The zero-order valence-corrected chi connectivity index (χ0v) is 10.4. The smallest absolute Gasteiger partial charge is 0.240 e. The Balaban J connectivity index is 1.84. The van der Waals surface area contributed by atoms with E-state index >= 15 is 0 Å². The van der Waals surface area contributed by atoms with Crippen molar-refractivity contribution in [2.24, 2.45) is 5.92 Å². The summed E-state index contributed by atoms with van der Waals surface area (Å²) in [6.45, 7) is 1.99. The fraction of sp³-hybridized carbons (Fsp3) is 0.429. The second kappa shape index (κ2) is 5.09. The highest BCUT2D eigenvalue weighted by Gasteiger charge is 2.42. The van der Waals surface area contributed by atoms with Crippen LogP contribution in [-0.4, -0.2) is 18.0 Å². The predicted molar refractivity (Wildman–Crippen MR) is 69.8 cm³/mol. The first-order valence-electron chi connectivity index (χ1n) is 6.15. The Kier molecular flexibility index (Phi) is 3.52. The first-order chi connectivity index (χ1) is 8.64. The van der Waals surface area contributed by atoms with Crippen LogP contribution in [0.25, 0.3) is 0 Å². The first kappa shape index (κ1) is 12.4. The lowest BCUT2D eigenvalue weighted by Gasteiger charge is -2.23. The van der Waals surface area contributed by atoms with Crippen LogP contribution < -0.4 is 10.6 Å². The van der Waals surface area contributed by atoms with E-state index < -0.39 is 5.54 Å². The van der Waals surface area contributed by atoms with Crippen molar-refractivity contribution in [2.45, 2.75) is 25.3 Å². The molecule has 4 nitrogen and oxygen atoms in total. The number of nitriles is 1. The van der Waals surface area contributed by atoms with Crippen molar-refractivity contribution in [3.05, 3.63) is 30.3 Å². The topological polar surface area (TPSA) is 64.9 Å². The van der Waals surface area contributed by atoms with E-state index in [-0.39, 0.29) is 12.5 Å². The van der Waals surface area contributed by atoms with Crippen LogP contribution in [0.5, 0.6) is 0 Å². The molecule has 1 fully saturated rings. The maximum absolute atomic E-state index is 11.8. The van der Waals surface area contributed by atoms with Crippen LogP contribution in [0.15, 0.2) is 30.3 Å². The van der Waals surface area contributed by atoms with Gasteiger partial charge in [-0.25, -0.2) is 0 Å². The molecule has 0 radical (unpaired) electrons. The van der Waals surface area contributed by atoms with Gasteiger partial charge in [-0.3, -0.25) is 4.79 Å². The van der Waals surface area contributed by atoms with E-state index in [1.165, 1.54) is 0 Å². The Hall–Kier alpha value is -2.02. The summed E-state index contributed by atoms with van der Waals surface area (Å²) in [7, 11) is 0. The van der Waals surface area contributed by atoms with Gasteiger partial charge in [-0.05, 0) is 37.8 Å². The van der Waals surface area contributed by atoms with Gasteiger partial charge in [0.1, 0.15) is 5.54 Å². The van der Waals surface area contributed by atoms with Crippen LogP contribution in [0.4, 0.5) is 5.69 Å². The van der Waals surface area contributed by atoms with Crippen LogP contribution in [0.2, 0.25) is 0 Å². The van der Waals surface area contributed by atoms with E-state index in [1.807, 2.05) is 30.3 Å². The highest BCUT2D eigenvalue weighted by atomic mass is 16.2. The summed E-state index contributed by atoms with van der Waals surface area (Å²) < 4.78 is 0. The Morgan fingerprint density at radius 3 is 2.67 bits per heavy atom. The quantitative estimate of drug-likeness (QED) is 0.830. The fourth-order valence-electron chi connectivity index (χ4n) is 1.95. The second-order valence-corrected chi connectivity index (χ2v) is 4.86. The number of benzene rings is 1. The van der Waals surface area contributed by atoms with E-state index in [1.54, 1.807) is 6.92 Å². The number of rotatable bonds is 5. The number of para-hydroxylation sites is 1. The van der Waals surface area contributed by atoms with Crippen LogP contribution in [0.3, 0.4) is 0 Å². The van der Waals surface area contributed by atoms with Crippen molar-refractivity contribution in [2.75, 3.05) is 11.9 Å². The Bertz CT molecular complexity index is 462. The minimum atomic E-state index is -0.713. The molecule has 0 spiro atoms. The van der Waals surface area contributed by atoms with Crippen LogP contribution >= 0.6 is 0 Å². The number of anilines is 1. The van der Waals surface area contributed by atoms with Crippen molar-refractivity contribution in [1.29, 1.82) is 5.26 Å². The maximum Gasteiger partial charge on any atom is 0.240 e. The monoisotopic (exact) mass is 243 g/mol. The number of hydrogen-bond acceptors (Lipinski definition) is 3. The molecule has 2 N–H and O–H groups in total. The van der Waals surface area contributed by atoms with E-state index in [9.17, 15) is 4.79 Å². The zero-order valence-electron chi connectivity index (χ0n) is 10.4. The van der Waals surface area contributed by atoms with Crippen LogP contribution in [0.1, 0.15) is 19.8 Å². The van der Waals surface area contributed by atoms with Crippen molar-refractivity contribution < 1.29 is 4.79 Å². The molecule has 0 aliphatic heterocycles. The molecule has 0 unspecified atom stereocenters. The van der Waals surface area contributed by atoms with Gasteiger partial charge in [0.05, 0.1) is 12.6 Å². The molecule has 1 atom stereocenters. The van der Waals surface area contributed by atoms with Crippen molar-refractivity contribution >= 4 is 11.6 Å². The standard InChI is InChI=1S/C14H17N3O/c1-14(10-15,11-7-8-11)17-13(18)9-16-12-5-3-2-4-6-12/h2-6,11,16H,7-9H2,1H3,(H,17,18)/t14-/m1/s1. The number of carbonyl (C=O) groups is 1. The van der Waals surface area contributed by atoms with Crippen LogP contribution in [-0.2, 0) is 4.79 Å². The van der Waals surface area contributed by atoms with Gasteiger partial charge < -0.3 is 10.6 Å². The van der Waals surface area contributed by atoms with Gasteiger partial charge in [0.2, 0.25) is 5.91 Å². The summed E-state index contributed by atoms with van der Waals surface area (Å²) >= 11 is 0. The molecule has 94 valence electrons. The molecule has 0 aromatic heterocycles. The van der Waals surface area contributed by atoms with Gasteiger partial charge in [-0.15, -0.1) is 0 Å². The number of nitrogens with one attached hydrogen (secondary N) is 2. The summed E-state index contributed by atoms with van der Waals surface area (Å²) in [6.07, 6.45) is 2.05. The van der Waals surface area contributed by atoms with Gasteiger partial charge >= 0.3 is 0 Å². The molecular weight excluding hydrogens is 226 g/mol. The molecule has 0 bridgehead atoms. The van der Waals surface area contributed by atoms with Gasteiger partial charge in [0, 0.05) is 5.69 Å². The molecular formula is C14H17N3O. The summed E-state index contributed by atoms with van der Waals surface area (Å²) in [6, 6.07) is 11.7. The average molecular weight is 243 g/mol. The summed E-state index contributed by atoms with van der Waals surface area (Å²) in [4.78, 5) is 11.8. The molecule has 0 heterocycles. The third-order valence-electron chi connectivity index (χ3n) is 3.25. The number of carbonyl (C=O) groups excluding carboxylic acids is 1. The number of hydrogen-bond donors (Lipinski definition) is 2. The number of amides is 1. The molecule has 1 aromatic rings. The fourth-order valence-corrected chi connectivity index (χ4v) is 1.95. The third kappa shape index (κ3) is 3.01. The molecule has 2 rings (SSSR count). The molecule has 4 heteroatoms. The SMILES string of the molecule is C[C@](C#N)(NC(=O)CNc1ccccc1)C1CC1. The van der Waals surface area contributed by atoms with E-state index in [0.29, 0.717) is 5.92 Å². The Morgan fingerprint density at radius 1 is 1.44 bits per heavy atom. The largest absolute Gasteiger partial charge is 0.376 e. The van der Waals surface area contributed by atoms with Crippen molar-refractivity contribution in [3.63, 3.8) is 0 Å². The lowest BCUT2D eigenvalue weighted by Crippen LogP contribution is -2.48. The first-order valence-corrected chi connectivity index (χ1v) is 6.15. The third-order valence-corrected chi connectivity index (χ3v) is 3.25.